The molecule has 1 heterocycles. The van der Waals surface area contributed by atoms with E-state index in [4.69, 9.17) is 5.11 Å². The third-order valence-electron chi connectivity index (χ3n) is 3.27. The second-order valence-corrected chi connectivity index (χ2v) is 6.42. The second-order valence-electron chi connectivity index (χ2n) is 5.51. The van der Waals surface area contributed by atoms with Crippen LogP contribution in [0.4, 0.5) is 5.69 Å². The number of amides is 1. The SMILES string of the molecule is CC1(C)CN(c2ccc(Br)cc2)C(CCO)C(=O)N1. The molecule has 104 valence electrons. The molecule has 2 rings (SSSR count). The zero-order chi connectivity index (χ0) is 14.0. The number of carbonyl (C=O) groups excluding carboxylic acids is 1. The number of hydrogen-bond donors (Lipinski definition) is 2. The van der Waals surface area contributed by atoms with E-state index in [1.54, 1.807) is 0 Å². The third-order valence-corrected chi connectivity index (χ3v) is 3.80. The van der Waals surface area contributed by atoms with Crippen LogP contribution in [0.1, 0.15) is 20.3 Å². The number of piperazine rings is 1. The van der Waals surface area contributed by atoms with E-state index in [1.807, 2.05) is 38.1 Å². The van der Waals surface area contributed by atoms with Crippen LogP contribution < -0.4 is 10.2 Å². The summed E-state index contributed by atoms with van der Waals surface area (Å²) in [6.45, 7) is 4.74. The van der Waals surface area contributed by atoms with Crippen molar-refractivity contribution in [1.29, 1.82) is 0 Å². The summed E-state index contributed by atoms with van der Waals surface area (Å²) in [5, 5.41) is 12.2. The molecule has 1 aromatic carbocycles. The van der Waals surface area contributed by atoms with Gasteiger partial charge in [0.25, 0.3) is 0 Å². The maximum atomic E-state index is 12.2. The molecule has 1 amide bonds. The molecule has 0 bridgehead atoms. The topological polar surface area (TPSA) is 52.6 Å². The summed E-state index contributed by atoms with van der Waals surface area (Å²) in [5.74, 6) is -0.0202. The van der Waals surface area contributed by atoms with Crippen LogP contribution in [0.25, 0.3) is 0 Å². The van der Waals surface area contributed by atoms with E-state index >= 15 is 0 Å². The normalized spacial score (nSPS) is 22.2. The highest BCUT2D eigenvalue weighted by Gasteiger charge is 2.38. The summed E-state index contributed by atoms with van der Waals surface area (Å²) in [6, 6.07) is 7.60. The van der Waals surface area contributed by atoms with Crippen LogP contribution in [0.2, 0.25) is 0 Å². The summed E-state index contributed by atoms with van der Waals surface area (Å²) in [6.07, 6.45) is 0.442. The van der Waals surface area contributed by atoms with Crippen LogP contribution in [0, 0.1) is 0 Å². The molecule has 0 saturated carbocycles. The Kier molecular flexibility index (Phi) is 4.16. The van der Waals surface area contributed by atoms with Gasteiger partial charge in [0.15, 0.2) is 0 Å². The number of halogens is 1. The lowest BCUT2D eigenvalue weighted by Crippen LogP contribution is -2.65. The molecule has 5 heteroatoms. The monoisotopic (exact) mass is 326 g/mol. The standard InChI is InChI=1S/C14H19BrN2O2/c1-14(2)9-17(11-5-3-10(15)4-6-11)12(7-8-18)13(19)16-14/h3-6,12,18H,7-9H2,1-2H3,(H,16,19). The van der Waals surface area contributed by atoms with Crippen molar-refractivity contribution in [2.24, 2.45) is 0 Å². The summed E-state index contributed by atoms with van der Waals surface area (Å²) >= 11 is 3.41. The van der Waals surface area contributed by atoms with E-state index in [1.165, 1.54) is 0 Å². The molecule has 1 aliphatic rings. The minimum Gasteiger partial charge on any atom is -0.396 e. The number of rotatable bonds is 3. The number of nitrogens with zero attached hydrogens (tertiary/aromatic N) is 1. The van der Waals surface area contributed by atoms with Crippen LogP contribution >= 0.6 is 15.9 Å². The van der Waals surface area contributed by atoms with Gasteiger partial charge in [-0.3, -0.25) is 4.79 Å². The molecule has 0 radical (unpaired) electrons. The van der Waals surface area contributed by atoms with Crippen molar-refractivity contribution in [3.63, 3.8) is 0 Å². The van der Waals surface area contributed by atoms with Crippen molar-refractivity contribution >= 4 is 27.5 Å². The fraction of sp³-hybridized carbons (Fsp3) is 0.500. The third kappa shape index (κ3) is 3.28. The van der Waals surface area contributed by atoms with Gasteiger partial charge in [0.1, 0.15) is 6.04 Å². The van der Waals surface area contributed by atoms with E-state index in [0.717, 1.165) is 16.7 Å². The highest BCUT2D eigenvalue weighted by molar-refractivity contribution is 9.10. The van der Waals surface area contributed by atoms with E-state index in [9.17, 15) is 4.79 Å². The van der Waals surface area contributed by atoms with Crippen LogP contribution in [0.5, 0.6) is 0 Å². The molecule has 1 saturated heterocycles. The predicted octanol–water partition coefficient (Wildman–Crippen LogP) is 1.91. The molecule has 19 heavy (non-hydrogen) atoms. The minimum absolute atomic E-state index is 0.00550. The zero-order valence-electron chi connectivity index (χ0n) is 11.2. The molecule has 0 spiro atoms. The summed E-state index contributed by atoms with van der Waals surface area (Å²) in [7, 11) is 0. The van der Waals surface area contributed by atoms with Gasteiger partial charge < -0.3 is 15.3 Å². The highest BCUT2D eigenvalue weighted by atomic mass is 79.9. The molecule has 1 atom stereocenters. The van der Waals surface area contributed by atoms with Crippen molar-refractivity contribution in [1.82, 2.24) is 5.32 Å². The van der Waals surface area contributed by atoms with Gasteiger partial charge in [-0.15, -0.1) is 0 Å². The Hall–Kier alpha value is -1.07. The number of hydrogen-bond acceptors (Lipinski definition) is 3. The molecule has 1 fully saturated rings. The molecular weight excluding hydrogens is 308 g/mol. The van der Waals surface area contributed by atoms with Crippen LogP contribution in [-0.4, -0.2) is 35.7 Å². The van der Waals surface area contributed by atoms with Gasteiger partial charge in [0.05, 0.1) is 5.54 Å². The Morgan fingerprint density at radius 3 is 2.63 bits per heavy atom. The van der Waals surface area contributed by atoms with Gasteiger partial charge in [-0.1, -0.05) is 15.9 Å². The fourth-order valence-corrected chi connectivity index (χ4v) is 2.71. The molecule has 1 aliphatic heterocycles. The maximum absolute atomic E-state index is 12.2. The van der Waals surface area contributed by atoms with Crippen molar-refractivity contribution in [3.05, 3.63) is 28.7 Å². The average Bonchev–Trinajstić information content (AvgIpc) is 2.33. The first-order valence-electron chi connectivity index (χ1n) is 6.38. The average molecular weight is 327 g/mol. The Labute approximate surface area is 121 Å². The fourth-order valence-electron chi connectivity index (χ4n) is 2.45. The number of benzene rings is 1. The first kappa shape index (κ1) is 14.3. The minimum atomic E-state index is -0.306. The molecular formula is C14H19BrN2O2. The first-order valence-corrected chi connectivity index (χ1v) is 7.17. The molecule has 0 aliphatic carbocycles. The van der Waals surface area contributed by atoms with Crippen LogP contribution in [0.15, 0.2) is 28.7 Å². The number of anilines is 1. The predicted molar refractivity (Wildman–Crippen MR) is 79.2 cm³/mol. The number of aliphatic hydroxyl groups excluding tert-OH is 1. The Morgan fingerprint density at radius 1 is 1.42 bits per heavy atom. The molecule has 1 aromatic rings. The summed E-state index contributed by atoms with van der Waals surface area (Å²) in [4.78, 5) is 14.2. The first-order chi connectivity index (χ1) is 8.93. The molecule has 4 nitrogen and oxygen atoms in total. The summed E-state index contributed by atoms with van der Waals surface area (Å²) in [5.41, 5.74) is 0.736. The van der Waals surface area contributed by atoms with Crippen LogP contribution in [-0.2, 0) is 4.79 Å². The van der Waals surface area contributed by atoms with E-state index in [-0.39, 0.29) is 24.1 Å². The molecule has 1 unspecified atom stereocenters. The maximum Gasteiger partial charge on any atom is 0.243 e. The molecule has 2 N–H and O–H groups in total. The van der Waals surface area contributed by atoms with Gasteiger partial charge in [0.2, 0.25) is 5.91 Å². The summed E-state index contributed by atoms with van der Waals surface area (Å²) < 4.78 is 1.01. The van der Waals surface area contributed by atoms with Gasteiger partial charge >= 0.3 is 0 Å². The Bertz CT molecular complexity index is 459. The highest BCUT2D eigenvalue weighted by Crippen LogP contribution is 2.26. The quantitative estimate of drug-likeness (QED) is 0.892. The largest absolute Gasteiger partial charge is 0.396 e. The van der Waals surface area contributed by atoms with E-state index in [2.05, 4.69) is 26.1 Å². The van der Waals surface area contributed by atoms with E-state index in [0.29, 0.717) is 6.42 Å². The van der Waals surface area contributed by atoms with Crippen molar-refractivity contribution in [2.45, 2.75) is 31.8 Å². The van der Waals surface area contributed by atoms with Gasteiger partial charge in [-0.2, -0.15) is 0 Å². The van der Waals surface area contributed by atoms with Crippen LogP contribution in [0.3, 0.4) is 0 Å². The Morgan fingerprint density at radius 2 is 2.05 bits per heavy atom. The second kappa shape index (κ2) is 5.51. The van der Waals surface area contributed by atoms with Gasteiger partial charge in [-0.05, 0) is 44.5 Å². The van der Waals surface area contributed by atoms with Crippen molar-refractivity contribution in [2.75, 3.05) is 18.1 Å². The lowest BCUT2D eigenvalue weighted by Gasteiger charge is -2.44. The van der Waals surface area contributed by atoms with Crippen molar-refractivity contribution < 1.29 is 9.90 Å². The van der Waals surface area contributed by atoms with Crippen molar-refractivity contribution in [3.8, 4) is 0 Å². The van der Waals surface area contributed by atoms with Gasteiger partial charge in [0, 0.05) is 23.3 Å². The smallest absolute Gasteiger partial charge is 0.243 e. The number of nitrogens with one attached hydrogen (secondary N) is 1. The van der Waals surface area contributed by atoms with E-state index < -0.39 is 0 Å². The number of aliphatic hydroxyl groups is 1. The molecule has 0 aromatic heterocycles. The number of carbonyl (C=O) groups is 1. The lowest BCUT2D eigenvalue weighted by molar-refractivity contribution is -0.125. The lowest BCUT2D eigenvalue weighted by atomic mass is 9.96. The Balaban J connectivity index is 2.31. The zero-order valence-corrected chi connectivity index (χ0v) is 12.8. The van der Waals surface area contributed by atoms with Gasteiger partial charge in [-0.25, -0.2) is 0 Å².